The normalized spacial score (nSPS) is 14.7. The van der Waals surface area contributed by atoms with E-state index in [4.69, 9.17) is 9.84 Å². The Balaban J connectivity index is 1.31. The molecule has 4 aromatic rings. The molecule has 0 saturated heterocycles. The number of benzene rings is 3. The summed E-state index contributed by atoms with van der Waals surface area (Å²) < 4.78 is 7.58. The summed E-state index contributed by atoms with van der Waals surface area (Å²) in [6.07, 6.45) is 2.38. The Hall–Kier alpha value is -4.06. The molecule has 0 spiro atoms. The van der Waals surface area contributed by atoms with Gasteiger partial charge in [-0.25, -0.2) is 4.79 Å². The van der Waals surface area contributed by atoms with Gasteiger partial charge in [0.15, 0.2) is 6.10 Å². The Bertz CT molecular complexity index is 1480. The van der Waals surface area contributed by atoms with Crippen molar-refractivity contribution in [3.8, 4) is 5.75 Å². The third-order valence-electron chi connectivity index (χ3n) is 7.68. The van der Waals surface area contributed by atoms with Crippen molar-refractivity contribution in [1.29, 1.82) is 0 Å². The molecule has 196 valence electrons. The first-order valence-corrected chi connectivity index (χ1v) is 13.2. The topological polar surface area (TPSA) is 80.6 Å². The Morgan fingerprint density at radius 2 is 1.71 bits per heavy atom. The number of carboxylic acids is 1. The van der Waals surface area contributed by atoms with Crippen molar-refractivity contribution in [2.75, 3.05) is 0 Å². The van der Waals surface area contributed by atoms with E-state index in [1.165, 1.54) is 30.9 Å². The van der Waals surface area contributed by atoms with Crippen LogP contribution in [0.3, 0.4) is 0 Å². The summed E-state index contributed by atoms with van der Waals surface area (Å²) in [5, 5.41) is 13.3. The maximum atomic E-state index is 13.1. The number of rotatable bonds is 9. The molecule has 1 aromatic heterocycles. The summed E-state index contributed by atoms with van der Waals surface area (Å²) in [7, 11) is 2.02. The quantitative estimate of drug-likeness (QED) is 0.277. The lowest BCUT2D eigenvalue weighted by Gasteiger charge is -2.15. The second-order valence-corrected chi connectivity index (χ2v) is 10.4. The molecule has 0 bridgehead atoms. The molecule has 1 heterocycles. The van der Waals surface area contributed by atoms with Gasteiger partial charge in [0.1, 0.15) is 5.75 Å². The monoisotopic (exact) mass is 510 g/mol. The number of aryl methyl sites for hydroxylation is 1. The lowest BCUT2D eigenvalue weighted by atomic mass is 10.0. The fraction of sp³-hybridized carbons (Fsp3) is 0.312. The zero-order valence-electron chi connectivity index (χ0n) is 22.3. The summed E-state index contributed by atoms with van der Waals surface area (Å²) in [6, 6.07) is 22.0. The molecule has 5 rings (SSSR count). The minimum atomic E-state index is -0.995. The number of carbonyl (C=O) groups excluding carboxylic acids is 1. The van der Waals surface area contributed by atoms with Crippen LogP contribution in [0.5, 0.6) is 5.75 Å². The van der Waals surface area contributed by atoms with Gasteiger partial charge in [0, 0.05) is 29.2 Å². The zero-order valence-corrected chi connectivity index (χ0v) is 22.3. The lowest BCUT2D eigenvalue weighted by Crippen LogP contribution is -2.26. The smallest absolute Gasteiger partial charge is 0.344 e. The van der Waals surface area contributed by atoms with Gasteiger partial charge in [-0.1, -0.05) is 42.5 Å². The van der Waals surface area contributed by atoms with E-state index >= 15 is 0 Å². The van der Waals surface area contributed by atoms with Crippen LogP contribution in [0.2, 0.25) is 0 Å². The second-order valence-electron chi connectivity index (χ2n) is 10.4. The zero-order chi connectivity index (χ0) is 27.0. The summed E-state index contributed by atoms with van der Waals surface area (Å²) in [4.78, 5) is 24.2. The van der Waals surface area contributed by atoms with Gasteiger partial charge in [-0.2, -0.15) is 0 Å². The van der Waals surface area contributed by atoms with Gasteiger partial charge < -0.3 is 19.7 Å². The number of carbonyl (C=O) groups is 2. The number of carboxylic acid groups (broad SMARTS) is 1. The predicted molar refractivity (Wildman–Crippen MR) is 149 cm³/mol. The van der Waals surface area contributed by atoms with E-state index in [1.807, 2.05) is 44.3 Å². The van der Waals surface area contributed by atoms with Crippen molar-refractivity contribution in [3.63, 3.8) is 0 Å². The molecular formula is C32H34N2O4. The largest absolute Gasteiger partial charge is 0.479 e. The number of aliphatic carboxylic acids is 1. The number of hydrogen-bond acceptors (Lipinski definition) is 3. The first-order valence-electron chi connectivity index (χ1n) is 13.2. The Morgan fingerprint density at radius 3 is 2.34 bits per heavy atom. The summed E-state index contributed by atoms with van der Waals surface area (Å²) in [5.74, 6) is 0.171. The molecule has 0 radical (unpaired) electrons. The number of hydrogen-bond donors (Lipinski definition) is 2. The van der Waals surface area contributed by atoms with Gasteiger partial charge in [-0.05, 0) is 92.5 Å². The van der Waals surface area contributed by atoms with Crippen LogP contribution < -0.4 is 10.1 Å². The fourth-order valence-electron chi connectivity index (χ4n) is 4.99. The molecule has 1 aliphatic rings. The Kier molecular flexibility index (Phi) is 6.98. The molecule has 6 heteroatoms. The lowest BCUT2D eigenvalue weighted by molar-refractivity contribution is -0.144. The molecule has 1 unspecified atom stereocenters. The van der Waals surface area contributed by atoms with Crippen molar-refractivity contribution < 1.29 is 19.4 Å². The molecule has 1 fully saturated rings. The highest BCUT2D eigenvalue weighted by Gasteiger charge is 2.23. The maximum Gasteiger partial charge on any atom is 0.344 e. The number of nitrogens with one attached hydrogen (secondary N) is 1. The summed E-state index contributed by atoms with van der Waals surface area (Å²) in [5.41, 5.74) is 7.59. The number of aromatic nitrogens is 1. The summed E-state index contributed by atoms with van der Waals surface area (Å²) in [6.45, 7) is 5.62. The average molecular weight is 511 g/mol. The van der Waals surface area contributed by atoms with Crippen molar-refractivity contribution in [2.24, 2.45) is 7.05 Å². The molecular weight excluding hydrogens is 476 g/mol. The summed E-state index contributed by atoms with van der Waals surface area (Å²) >= 11 is 0. The Morgan fingerprint density at radius 1 is 1.03 bits per heavy atom. The standard InChI is InChI=1S/C32H34N2O4/c1-19(23-7-9-24(10-8-23)25-11-12-25)33-31(35)26-13-16-28-29(20(2)34(4)30(28)18-26)17-22-5-14-27(15-6-22)38-21(3)32(36)37/h5-10,13-16,18-19,21,25H,11-12,17H2,1-4H3,(H,33,35)(H,36,37)/t19-,21?/m0/s1. The molecule has 6 nitrogen and oxygen atoms in total. The van der Waals surface area contributed by atoms with Gasteiger partial charge in [-0.15, -0.1) is 0 Å². The average Bonchev–Trinajstić information content (AvgIpc) is 3.74. The van der Waals surface area contributed by atoms with Crippen molar-refractivity contribution in [2.45, 2.75) is 58.1 Å². The minimum Gasteiger partial charge on any atom is -0.479 e. The van der Waals surface area contributed by atoms with Crippen molar-refractivity contribution in [3.05, 3.63) is 100 Å². The van der Waals surface area contributed by atoms with Crippen molar-refractivity contribution >= 4 is 22.8 Å². The van der Waals surface area contributed by atoms with E-state index in [0.717, 1.165) is 40.1 Å². The van der Waals surface area contributed by atoms with Crippen LogP contribution in [0, 0.1) is 6.92 Å². The van der Waals surface area contributed by atoms with Gasteiger partial charge in [-0.3, -0.25) is 4.79 Å². The van der Waals surface area contributed by atoms with E-state index in [0.29, 0.717) is 11.3 Å². The van der Waals surface area contributed by atoms with Gasteiger partial charge >= 0.3 is 5.97 Å². The first-order chi connectivity index (χ1) is 18.2. The van der Waals surface area contributed by atoms with Crippen molar-refractivity contribution in [1.82, 2.24) is 9.88 Å². The molecule has 2 N–H and O–H groups in total. The van der Waals surface area contributed by atoms with Gasteiger partial charge in [0.05, 0.1) is 6.04 Å². The van der Waals surface area contributed by atoms with E-state index < -0.39 is 12.1 Å². The van der Waals surface area contributed by atoms with E-state index in [1.54, 1.807) is 12.1 Å². The molecule has 0 aliphatic heterocycles. The van der Waals surface area contributed by atoms with Crippen LogP contribution in [0.25, 0.3) is 10.9 Å². The van der Waals surface area contributed by atoms with Crippen LogP contribution in [-0.2, 0) is 18.3 Å². The third-order valence-corrected chi connectivity index (χ3v) is 7.68. The molecule has 3 aromatic carbocycles. The number of ether oxygens (including phenoxy) is 1. The van der Waals surface area contributed by atoms with Crippen LogP contribution in [0.4, 0.5) is 0 Å². The number of amides is 1. The van der Waals surface area contributed by atoms with E-state index in [-0.39, 0.29) is 11.9 Å². The molecule has 1 aliphatic carbocycles. The molecule has 38 heavy (non-hydrogen) atoms. The third kappa shape index (κ3) is 5.30. The van der Waals surface area contributed by atoms with Crippen LogP contribution in [0.15, 0.2) is 66.7 Å². The van der Waals surface area contributed by atoms with Gasteiger partial charge in [0.25, 0.3) is 5.91 Å². The van der Waals surface area contributed by atoms with Crippen LogP contribution in [-0.4, -0.2) is 27.7 Å². The van der Waals surface area contributed by atoms with Crippen LogP contribution >= 0.6 is 0 Å². The highest BCUT2D eigenvalue weighted by atomic mass is 16.5. The SMILES string of the molecule is Cc1c(Cc2ccc(OC(C)C(=O)O)cc2)c2ccc(C(=O)N[C@@H](C)c3ccc(C4CC4)cc3)cc2n1C. The van der Waals surface area contributed by atoms with Crippen LogP contribution in [0.1, 0.15) is 77.0 Å². The second kappa shape index (κ2) is 10.4. The van der Waals surface area contributed by atoms with E-state index in [2.05, 4.69) is 41.1 Å². The molecule has 1 saturated carbocycles. The molecule has 2 atom stereocenters. The minimum absolute atomic E-state index is 0.0809. The Labute approximate surface area is 223 Å². The highest BCUT2D eigenvalue weighted by molar-refractivity contribution is 5.99. The van der Waals surface area contributed by atoms with Gasteiger partial charge in [0.2, 0.25) is 0 Å². The predicted octanol–water partition coefficient (Wildman–Crippen LogP) is 6.30. The highest BCUT2D eigenvalue weighted by Crippen LogP contribution is 2.40. The number of fused-ring (bicyclic) bond motifs is 1. The fourth-order valence-corrected chi connectivity index (χ4v) is 4.99. The number of nitrogens with zero attached hydrogens (tertiary/aromatic N) is 1. The molecule has 1 amide bonds. The maximum absolute atomic E-state index is 13.1. The first kappa shape index (κ1) is 25.6. The van der Waals surface area contributed by atoms with E-state index in [9.17, 15) is 9.59 Å².